The lowest BCUT2D eigenvalue weighted by Crippen LogP contribution is -2.53. The van der Waals surface area contributed by atoms with Crippen LogP contribution in [0.25, 0.3) is 0 Å². The van der Waals surface area contributed by atoms with Crippen LogP contribution >= 0.6 is 0 Å². The van der Waals surface area contributed by atoms with Crippen molar-refractivity contribution in [2.45, 2.75) is 36.2 Å². The molecule has 8 N–H and O–H groups in total. The van der Waals surface area contributed by atoms with Crippen molar-refractivity contribution < 1.29 is 22.9 Å². The summed E-state index contributed by atoms with van der Waals surface area (Å²) in [7, 11) is -4.25. The average molecular weight is 506 g/mol. The van der Waals surface area contributed by atoms with Crippen molar-refractivity contribution in [1.29, 1.82) is 0 Å². The van der Waals surface area contributed by atoms with Gasteiger partial charge in [-0.1, -0.05) is 30.3 Å². The van der Waals surface area contributed by atoms with Gasteiger partial charge in [-0.15, -0.1) is 0 Å². The molecule has 0 heterocycles. The van der Waals surface area contributed by atoms with Crippen LogP contribution in [-0.4, -0.2) is 49.7 Å². The molecule has 0 aliphatic heterocycles. The molecule has 2 aromatic carbocycles. The fourth-order valence-electron chi connectivity index (χ4n) is 3.09. The van der Waals surface area contributed by atoms with Gasteiger partial charge in [0.15, 0.2) is 5.96 Å². The number of aliphatic imine (C=N–C) groups is 1. The second kappa shape index (κ2) is 12.4. The van der Waals surface area contributed by atoms with Crippen molar-refractivity contribution in [3.05, 3.63) is 70.3 Å². The molecule has 0 spiro atoms. The topological polar surface area (TPSA) is 226 Å². The number of non-ortho nitro benzene ring substituents is 1. The molecule has 0 fully saturated rings. The Morgan fingerprint density at radius 2 is 1.63 bits per heavy atom. The van der Waals surface area contributed by atoms with E-state index in [1.54, 1.807) is 30.3 Å². The molecule has 0 saturated carbocycles. The van der Waals surface area contributed by atoms with Gasteiger partial charge in [-0.25, -0.2) is 8.42 Å². The van der Waals surface area contributed by atoms with Crippen LogP contribution in [-0.2, 0) is 26.0 Å². The summed E-state index contributed by atoms with van der Waals surface area (Å²) in [6.45, 7) is 0.134. The number of nitro benzene ring substituents is 1. The molecule has 0 radical (unpaired) electrons. The number of nitrogens with two attached hydrogens (primary N) is 3. The molecule has 188 valence electrons. The van der Waals surface area contributed by atoms with E-state index < -0.39 is 38.8 Å². The second-order valence-electron chi connectivity index (χ2n) is 7.53. The molecule has 35 heavy (non-hydrogen) atoms. The predicted molar refractivity (Wildman–Crippen MR) is 128 cm³/mol. The first-order valence-corrected chi connectivity index (χ1v) is 11.9. The van der Waals surface area contributed by atoms with E-state index in [0.29, 0.717) is 0 Å². The molecule has 0 saturated heterocycles. The summed E-state index contributed by atoms with van der Waals surface area (Å²) in [5.74, 6) is -1.73. The number of nitrogens with one attached hydrogen (secondary N) is 2. The number of amides is 2. The zero-order valence-electron chi connectivity index (χ0n) is 18.7. The highest BCUT2D eigenvalue weighted by Gasteiger charge is 2.29. The number of hydrogen-bond donors (Lipinski definition) is 5. The average Bonchev–Trinajstić information content (AvgIpc) is 2.81. The molecular weight excluding hydrogens is 478 g/mol. The van der Waals surface area contributed by atoms with Crippen LogP contribution in [0.4, 0.5) is 5.69 Å². The third-order valence-electron chi connectivity index (χ3n) is 4.86. The van der Waals surface area contributed by atoms with Gasteiger partial charge in [0.25, 0.3) is 5.69 Å². The van der Waals surface area contributed by atoms with Crippen molar-refractivity contribution in [3.8, 4) is 0 Å². The normalized spacial score (nSPS) is 12.8. The number of nitrogens with zero attached hydrogens (tertiary/aromatic N) is 2. The minimum absolute atomic E-state index is 0.00829. The van der Waals surface area contributed by atoms with E-state index >= 15 is 0 Å². The van der Waals surface area contributed by atoms with E-state index in [1.165, 1.54) is 0 Å². The summed E-state index contributed by atoms with van der Waals surface area (Å²) >= 11 is 0. The lowest BCUT2D eigenvalue weighted by Gasteiger charge is -2.22. The molecule has 0 aliphatic carbocycles. The summed E-state index contributed by atoms with van der Waals surface area (Å²) in [5, 5.41) is 13.3. The number of guanidine groups is 1. The number of primary amides is 1. The van der Waals surface area contributed by atoms with E-state index in [4.69, 9.17) is 17.2 Å². The third-order valence-corrected chi connectivity index (χ3v) is 6.35. The maximum absolute atomic E-state index is 13.0. The number of benzene rings is 2. The van der Waals surface area contributed by atoms with Crippen LogP contribution in [0, 0.1) is 10.1 Å². The monoisotopic (exact) mass is 505 g/mol. The van der Waals surface area contributed by atoms with Crippen molar-refractivity contribution in [3.63, 3.8) is 0 Å². The predicted octanol–water partition coefficient (Wildman–Crippen LogP) is -0.492. The van der Waals surface area contributed by atoms with Gasteiger partial charge in [-0.3, -0.25) is 24.7 Å². The van der Waals surface area contributed by atoms with Gasteiger partial charge in [-0.2, -0.15) is 4.72 Å². The van der Waals surface area contributed by atoms with Crippen molar-refractivity contribution >= 4 is 33.5 Å². The first-order valence-electron chi connectivity index (χ1n) is 10.5. The van der Waals surface area contributed by atoms with Gasteiger partial charge in [-0.05, 0) is 30.5 Å². The smallest absolute Gasteiger partial charge is 0.269 e. The van der Waals surface area contributed by atoms with Gasteiger partial charge < -0.3 is 22.5 Å². The summed E-state index contributed by atoms with van der Waals surface area (Å²) in [5.41, 5.74) is 16.5. The van der Waals surface area contributed by atoms with Gasteiger partial charge in [0.1, 0.15) is 12.1 Å². The maximum Gasteiger partial charge on any atom is 0.269 e. The Balaban J connectivity index is 2.22. The number of carbonyl (C=O) groups is 2. The Bertz CT molecular complexity index is 1170. The molecule has 0 unspecified atom stereocenters. The third kappa shape index (κ3) is 8.68. The molecule has 2 aromatic rings. The molecule has 2 amide bonds. The Hall–Kier alpha value is -4.04. The number of sulfonamides is 1. The van der Waals surface area contributed by atoms with E-state index in [2.05, 4.69) is 15.0 Å². The maximum atomic E-state index is 13.0. The number of hydrogen-bond acceptors (Lipinski definition) is 7. The molecular formula is C21H27N7O6S. The molecule has 0 aliphatic rings. The Labute approximate surface area is 202 Å². The molecule has 2 rings (SSSR count). The first kappa shape index (κ1) is 27.2. The SMILES string of the molecule is NC(=O)[C@H](Cc1ccccc1)NC(=O)[C@H](CCCN=C(N)N)NS(=O)(=O)c1ccc([N+](=O)[O-])cc1. The summed E-state index contributed by atoms with van der Waals surface area (Å²) in [6.07, 6.45) is 0.335. The van der Waals surface area contributed by atoms with Gasteiger partial charge in [0, 0.05) is 25.1 Å². The summed E-state index contributed by atoms with van der Waals surface area (Å²) < 4.78 is 28.0. The molecule has 0 bridgehead atoms. The minimum Gasteiger partial charge on any atom is -0.370 e. The van der Waals surface area contributed by atoms with Gasteiger partial charge in [0.05, 0.1) is 9.82 Å². The van der Waals surface area contributed by atoms with Crippen LogP contribution < -0.4 is 27.2 Å². The summed E-state index contributed by atoms with van der Waals surface area (Å²) in [6, 6.07) is 10.6. The van der Waals surface area contributed by atoms with Gasteiger partial charge >= 0.3 is 0 Å². The van der Waals surface area contributed by atoms with Crippen LogP contribution in [0.1, 0.15) is 18.4 Å². The standard InChI is InChI=1S/C21H27N7O6S/c22-19(29)18(13-14-5-2-1-3-6-14)26-20(30)17(7-4-12-25-21(23)24)27-35(33,34)16-10-8-15(9-11-16)28(31)32/h1-3,5-6,8-11,17-18,27H,4,7,12-13H2,(H2,22,29)(H,26,30)(H4,23,24,25)/t17-,18-/m0/s1. The molecule has 0 aromatic heterocycles. The zero-order valence-corrected chi connectivity index (χ0v) is 19.5. The quantitative estimate of drug-likeness (QED) is 0.0782. The van der Waals surface area contributed by atoms with Crippen LogP contribution in [0.5, 0.6) is 0 Å². The summed E-state index contributed by atoms with van der Waals surface area (Å²) in [4.78, 5) is 38.7. The van der Waals surface area contributed by atoms with E-state index in [1.807, 2.05) is 0 Å². The van der Waals surface area contributed by atoms with Crippen LogP contribution in [0.3, 0.4) is 0 Å². The highest BCUT2D eigenvalue weighted by atomic mass is 32.2. The fraction of sp³-hybridized carbons (Fsp3) is 0.286. The lowest BCUT2D eigenvalue weighted by atomic mass is 10.0. The molecule has 13 nitrogen and oxygen atoms in total. The van der Waals surface area contributed by atoms with Crippen molar-refractivity contribution in [2.24, 2.45) is 22.2 Å². The van der Waals surface area contributed by atoms with Crippen LogP contribution in [0.15, 0.2) is 64.5 Å². The zero-order chi connectivity index (χ0) is 26.0. The number of nitro groups is 1. The number of rotatable bonds is 13. The highest BCUT2D eigenvalue weighted by Crippen LogP contribution is 2.17. The fourth-order valence-corrected chi connectivity index (χ4v) is 4.32. The van der Waals surface area contributed by atoms with Crippen molar-refractivity contribution in [2.75, 3.05) is 6.54 Å². The Morgan fingerprint density at radius 3 is 2.17 bits per heavy atom. The number of carbonyl (C=O) groups excluding carboxylic acids is 2. The molecule has 14 heteroatoms. The van der Waals surface area contributed by atoms with E-state index in [-0.39, 0.29) is 42.3 Å². The Morgan fingerprint density at radius 1 is 1.00 bits per heavy atom. The first-order chi connectivity index (χ1) is 16.5. The highest BCUT2D eigenvalue weighted by molar-refractivity contribution is 7.89. The second-order valence-corrected chi connectivity index (χ2v) is 9.24. The van der Waals surface area contributed by atoms with Crippen molar-refractivity contribution in [1.82, 2.24) is 10.0 Å². The Kier molecular flexibility index (Phi) is 9.66. The van der Waals surface area contributed by atoms with E-state index in [9.17, 15) is 28.1 Å². The lowest BCUT2D eigenvalue weighted by molar-refractivity contribution is -0.384. The minimum atomic E-state index is -4.25. The largest absolute Gasteiger partial charge is 0.370 e. The van der Waals surface area contributed by atoms with E-state index in [0.717, 1.165) is 29.8 Å². The van der Waals surface area contributed by atoms with Crippen LogP contribution in [0.2, 0.25) is 0 Å². The molecule has 2 atom stereocenters. The van der Waals surface area contributed by atoms with Gasteiger partial charge in [0.2, 0.25) is 21.8 Å².